The number of nitrogens with one attached hydrogen (secondary N) is 1. The molecular weight excluding hydrogens is 302 g/mol. The fraction of sp³-hybridized carbons (Fsp3) is 0.267. The van der Waals surface area contributed by atoms with Crippen LogP contribution in [0.15, 0.2) is 28.7 Å². The zero-order chi connectivity index (χ0) is 15.9. The number of esters is 1. The van der Waals surface area contributed by atoms with Crippen molar-refractivity contribution in [3.05, 3.63) is 34.8 Å². The number of aromatic nitrogens is 1. The van der Waals surface area contributed by atoms with Gasteiger partial charge in [-0.25, -0.2) is 4.98 Å². The van der Waals surface area contributed by atoms with Gasteiger partial charge < -0.3 is 9.47 Å². The molecule has 22 heavy (non-hydrogen) atoms. The predicted octanol–water partition coefficient (Wildman–Crippen LogP) is 3.22. The summed E-state index contributed by atoms with van der Waals surface area (Å²) in [7, 11) is 0. The number of nitrogens with zero attached hydrogens (tertiary/aromatic N) is 2. The maximum atomic E-state index is 11.1. The number of carbonyl (C=O) groups excluding carboxylic acids is 1. The van der Waals surface area contributed by atoms with Gasteiger partial charge in [-0.3, -0.25) is 10.2 Å². The third kappa shape index (κ3) is 4.56. The van der Waals surface area contributed by atoms with Gasteiger partial charge in [0.1, 0.15) is 0 Å². The van der Waals surface area contributed by atoms with E-state index >= 15 is 0 Å². The Morgan fingerprint density at radius 2 is 2.27 bits per heavy atom. The van der Waals surface area contributed by atoms with Crippen molar-refractivity contribution in [1.29, 1.82) is 0 Å². The minimum Gasteiger partial charge on any atom is -0.490 e. The van der Waals surface area contributed by atoms with Crippen LogP contribution in [-0.2, 0) is 4.79 Å². The Hall–Kier alpha value is -2.41. The Kier molecular flexibility index (Phi) is 5.48. The lowest BCUT2D eigenvalue weighted by molar-refractivity contribution is -0.132. The largest absolute Gasteiger partial charge is 0.490 e. The Labute approximate surface area is 132 Å². The highest BCUT2D eigenvalue weighted by Gasteiger charge is 2.08. The van der Waals surface area contributed by atoms with E-state index in [2.05, 4.69) is 15.5 Å². The van der Waals surface area contributed by atoms with E-state index in [4.69, 9.17) is 9.47 Å². The van der Waals surface area contributed by atoms with Crippen LogP contribution < -0.4 is 14.9 Å². The van der Waals surface area contributed by atoms with Gasteiger partial charge in [0.2, 0.25) is 5.13 Å². The van der Waals surface area contributed by atoms with Gasteiger partial charge in [0.05, 0.1) is 18.5 Å². The number of aryl methyl sites for hydroxylation is 1. The molecule has 1 heterocycles. The highest BCUT2D eigenvalue weighted by Crippen LogP contribution is 2.28. The number of carbonyl (C=O) groups is 1. The van der Waals surface area contributed by atoms with Gasteiger partial charge >= 0.3 is 5.97 Å². The van der Waals surface area contributed by atoms with Crippen molar-refractivity contribution >= 4 is 28.7 Å². The first-order valence-electron chi connectivity index (χ1n) is 6.75. The second-order valence-corrected chi connectivity index (χ2v) is 5.25. The highest BCUT2D eigenvalue weighted by molar-refractivity contribution is 7.13. The monoisotopic (exact) mass is 319 g/mol. The number of hydrogen-bond acceptors (Lipinski definition) is 7. The van der Waals surface area contributed by atoms with Crippen molar-refractivity contribution < 1.29 is 14.3 Å². The SMILES string of the molecule is CCOc1cc(C=NNc2nc(C)cs2)ccc1OC(C)=O. The summed E-state index contributed by atoms with van der Waals surface area (Å²) in [5.74, 6) is 0.518. The van der Waals surface area contributed by atoms with E-state index in [1.807, 2.05) is 19.2 Å². The van der Waals surface area contributed by atoms with E-state index in [9.17, 15) is 4.79 Å². The number of ether oxygens (including phenoxy) is 2. The lowest BCUT2D eigenvalue weighted by Gasteiger charge is -2.10. The molecule has 0 bridgehead atoms. The van der Waals surface area contributed by atoms with Crippen molar-refractivity contribution in [2.75, 3.05) is 12.0 Å². The predicted molar refractivity (Wildman–Crippen MR) is 87.0 cm³/mol. The molecule has 1 N–H and O–H groups in total. The van der Waals surface area contributed by atoms with Crippen LogP contribution in [0.3, 0.4) is 0 Å². The lowest BCUT2D eigenvalue weighted by Crippen LogP contribution is -2.04. The van der Waals surface area contributed by atoms with Crippen LogP contribution in [0.1, 0.15) is 25.1 Å². The van der Waals surface area contributed by atoms with Crippen LogP contribution >= 0.6 is 11.3 Å². The van der Waals surface area contributed by atoms with Gasteiger partial charge in [-0.15, -0.1) is 11.3 Å². The summed E-state index contributed by atoms with van der Waals surface area (Å²) in [4.78, 5) is 15.3. The zero-order valence-corrected chi connectivity index (χ0v) is 13.4. The van der Waals surface area contributed by atoms with Gasteiger partial charge in [-0.1, -0.05) is 0 Å². The number of hydrazone groups is 1. The lowest BCUT2D eigenvalue weighted by atomic mass is 10.2. The van der Waals surface area contributed by atoms with E-state index < -0.39 is 0 Å². The molecule has 0 aliphatic heterocycles. The summed E-state index contributed by atoms with van der Waals surface area (Å²) in [6.07, 6.45) is 1.65. The maximum Gasteiger partial charge on any atom is 0.308 e. The van der Waals surface area contributed by atoms with E-state index in [0.29, 0.717) is 18.1 Å². The minimum atomic E-state index is -0.386. The van der Waals surface area contributed by atoms with E-state index in [1.54, 1.807) is 24.4 Å². The molecule has 0 atom stereocenters. The first-order chi connectivity index (χ1) is 10.6. The topological polar surface area (TPSA) is 72.8 Å². The van der Waals surface area contributed by atoms with Crippen LogP contribution in [0.4, 0.5) is 5.13 Å². The average Bonchev–Trinajstić information content (AvgIpc) is 2.87. The summed E-state index contributed by atoms with van der Waals surface area (Å²) >= 11 is 1.49. The van der Waals surface area contributed by atoms with Gasteiger partial charge in [-0.2, -0.15) is 5.10 Å². The molecule has 7 heteroatoms. The van der Waals surface area contributed by atoms with E-state index in [1.165, 1.54) is 18.3 Å². The van der Waals surface area contributed by atoms with Crippen molar-refractivity contribution in [3.8, 4) is 11.5 Å². The maximum absolute atomic E-state index is 11.1. The fourth-order valence-corrected chi connectivity index (χ4v) is 2.32. The molecule has 0 amide bonds. The fourth-order valence-electron chi connectivity index (χ4n) is 1.68. The number of rotatable bonds is 6. The summed E-state index contributed by atoms with van der Waals surface area (Å²) in [6.45, 7) is 5.62. The molecular formula is C15H17N3O3S. The molecule has 0 unspecified atom stereocenters. The van der Waals surface area contributed by atoms with Gasteiger partial charge in [0.15, 0.2) is 11.5 Å². The number of anilines is 1. The molecule has 0 saturated carbocycles. The van der Waals surface area contributed by atoms with Crippen LogP contribution in [0.5, 0.6) is 11.5 Å². The standard InChI is InChI=1S/C15H17N3O3S/c1-4-20-14-7-12(5-6-13(14)21-11(3)19)8-16-18-15-17-10(2)9-22-15/h5-9H,4H2,1-3H3,(H,17,18). The van der Waals surface area contributed by atoms with Crippen molar-refractivity contribution in [1.82, 2.24) is 4.98 Å². The van der Waals surface area contributed by atoms with Gasteiger partial charge in [-0.05, 0) is 37.6 Å². The molecule has 116 valence electrons. The summed E-state index contributed by atoms with van der Waals surface area (Å²) in [5.41, 5.74) is 4.63. The molecule has 2 aromatic rings. The van der Waals surface area contributed by atoms with Crippen LogP contribution in [0.25, 0.3) is 0 Å². The van der Waals surface area contributed by atoms with Gasteiger partial charge in [0.25, 0.3) is 0 Å². The smallest absolute Gasteiger partial charge is 0.308 e. The first-order valence-corrected chi connectivity index (χ1v) is 7.63. The number of hydrogen-bond donors (Lipinski definition) is 1. The Bertz CT molecular complexity index is 682. The zero-order valence-electron chi connectivity index (χ0n) is 12.6. The first kappa shape index (κ1) is 16.0. The third-order valence-corrected chi connectivity index (χ3v) is 3.38. The number of benzene rings is 1. The molecule has 1 aromatic heterocycles. The van der Waals surface area contributed by atoms with Gasteiger partial charge in [0, 0.05) is 12.3 Å². The van der Waals surface area contributed by atoms with Crippen LogP contribution in [0.2, 0.25) is 0 Å². The van der Waals surface area contributed by atoms with Crippen LogP contribution in [0, 0.1) is 6.92 Å². The van der Waals surface area contributed by atoms with Crippen molar-refractivity contribution in [3.63, 3.8) is 0 Å². The molecule has 0 saturated heterocycles. The molecule has 0 aliphatic rings. The second kappa shape index (κ2) is 7.56. The molecule has 6 nitrogen and oxygen atoms in total. The van der Waals surface area contributed by atoms with Crippen LogP contribution in [-0.4, -0.2) is 23.8 Å². The Morgan fingerprint density at radius 1 is 1.45 bits per heavy atom. The Morgan fingerprint density at radius 3 is 2.91 bits per heavy atom. The second-order valence-electron chi connectivity index (χ2n) is 4.40. The molecule has 2 rings (SSSR count). The molecule has 1 aromatic carbocycles. The van der Waals surface area contributed by atoms with E-state index in [0.717, 1.165) is 16.4 Å². The van der Waals surface area contributed by atoms with E-state index in [-0.39, 0.29) is 5.97 Å². The number of thiazole rings is 1. The molecule has 0 radical (unpaired) electrons. The third-order valence-electron chi connectivity index (χ3n) is 2.51. The summed E-state index contributed by atoms with van der Waals surface area (Å²) in [6, 6.07) is 5.24. The summed E-state index contributed by atoms with van der Waals surface area (Å²) < 4.78 is 10.6. The molecule has 0 spiro atoms. The minimum absolute atomic E-state index is 0.386. The Balaban J connectivity index is 2.10. The quantitative estimate of drug-likeness (QED) is 0.383. The van der Waals surface area contributed by atoms with Crippen molar-refractivity contribution in [2.45, 2.75) is 20.8 Å². The van der Waals surface area contributed by atoms with Crippen molar-refractivity contribution in [2.24, 2.45) is 5.10 Å². The molecule has 0 aliphatic carbocycles. The molecule has 0 fully saturated rings. The summed E-state index contributed by atoms with van der Waals surface area (Å²) in [5, 5.41) is 6.80. The highest BCUT2D eigenvalue weighted by atomic mass is 32.1. The normalized spacial score (nSPS) is 10.7. The average molecular weight is 319 g/mol.